The number of carbonyl (C=O) groups is 2. The van der Waals surface area contributed by atoms with Crippen LogP contribution in [-0.2, 0) is 11.2 Å². The molecule has 0 aliphatic heterocycles. The number of anilines is 1. The van der Waals surface area contributed by atoms with Crippen molar-refractivity contribution in [2.24, 2.45) is 5.41 Å². The van der Waals surface area contributed by atoms with Crippen molar-refractivity contribution in [2.45, 2.75) is 26.7 Å². The molecule has 0 saturated heterocycles. The van der Waals surface area contributed by atoms with Crippen molar-refractivity contribution in [1.82, 2.24) is 4.98 Å². The van der Waals surface area contributed by atoms with Gasteiger partial charge in [-0.2, -0.15) is 0 Å². The maximum atomic E-state index is 12.1. The van der Waals surface area contributed by atoms with Crippen LogP contribution in [0.25, 0.3) is 6.08 Å². The zero-order valence-corrected chi connectivity index (χ0v) is 14.0. The van der Waals surface area contributed by atoms with Crippen LogP contribution in [0.5, 0.6) is 0 Å². The third-order valence-corrected chi connectivity index (χ3v) is 5.30. The molecule has 2 aromatic rings. The summed E-state index contributed by atoms with van der Waals surface area (Å²) in [4.78, 5) is 30.2. The van der Waals surface area contributed by atoms with Crippen molar-refractivity contribution in [3.63, 3.8) is 0 Å². The van der Waals surface area contributed by atoms with E-state index in [-0.39, 0.29) is 17.1 Å². The van der Waals surface area contributed by atoms with E-state index in [1.165, 1.54) is 17.4 Å². The van der Waals surface area contributed by atoms with E-state index in [1.807, 2.05) is 17.5 Å². The highest BCUT2D eigenvalue weighted by Gasteiger charge is 2.33. The fraction of sp³-hybridized carbons (Fsp3) is 0.312. The van der Waals surface area contributed by atoms with Gasteiger partial charge in [-0.25, -0.2) is 4.98 Å². The van der Waals surface area contributed by atoms with Gasteiger partial charge in [0.25, 0.3) is 0 Å². The van der Waals surface area contributed by atoms with Gasteiger partial charge in [-0.3, -0.25) is 14.9 Å². The third kappa shape index (κ3) is 3.34. The fourth-order valence-electron chi connectivity index (χ4n) is 2.46. The van der Waals surface area contributed by atoms with Gasteiger partial charge in [0.15, 0.2) is 10.9 Å². The first-order chi connectivity index (χ1) is 10.4. The van der Waals surface area contributed by atoms with Crippen LogP contribution in [0, 0.1) is 5.41 Å². The van der Waals surface area contributed by atoms with Crippen molar-refractivity contribution < 1.29 is 9.59 Å². The Kier molecular flexibility index (Phi) is 3.97. The van der Waals surface area contributed by atoms with Gasteiger partial charge in [0, 0.05) is 17.4 Å². The molecule has 3 rings (SSSR count). The van der Waals surface area contributed by atoms with Crippen LogP contribution >= 0.6 is 22.7 Å². The number of fused-ring (bicyclic) bond motifs is 1. The normalized spacial score (nSPS) is 16.7. The number of nitrogens with one attached hydrogen (secondary N) is 1. The first kappa shape index (κ1) is 15.1. The molecule has 2 aromatic heterocycles. The average molecular weight is 332 g/mol. The van der Waals surface area contributed by atoms with Gasteiger partial charge in [0.05, 0.1) is 10.6 Å². The van der Waals surface area contributed by atoms with Crippen LogP contribution in [-0.4, -0.2) is 16.7 Å². The Morgan fingerprint density at radius 2 is 2.23 bits per heavy atom. The van der Waals surface area contributed by atoms with Crippen LogP contribution in [0.1, 0.15) is 40.5 Å². The molecule has 1 aliphatic rings. The molecule has 0 spiro atoms. The molecule has 0 saturated carbocycles. The van der Waals surface area contributed by atoms with Crippen LogP contribution < -0.4 is 5.32 Å². The summed E-state index contributed by atoms with van der Waals surface area (Å²) in [5, 5.41) is 5.20. The minimum Gasteiger partial charge on any atom is -0.298 e. The minimum atomic E-state index is -0.230. The minimum absolute atomic E-state index is 0.0570. The Balaban J connectivity index is 1.72. The zero-order valence-electron chi connectivity index (χ0n) is 12.4. The largest absolute Gasteiger partial charge is 0.298 e. The number of hydrogen-bond donors (Lipinski definition) is 1. The Labute approximate surface area is 136 Å². The van der Waals surface area contributed by atoms with E-state index in [0.717, 1.165) is 17.0 Å². The summed E-state index contributed by atoms with van der Waals surface area (Å²) in [6, 6.07) is 3.88. The molecule has 0 bridgehead atoms. The van der Waals surface area contributed by atoms with Gasteiger partial charge >= 0.3 is 0 Å². The summed E-state index contributed by atoms with van der Waals surface area (Å²) in [5.41, 5.74) is 0.752. The molecule has 1 aliphatic carbocycles. The maximum Gasteiger partial charge on any atom is 0.250 e. The summed E-state index contributed by atoms with van der Waals surface area (Å²) in [6.45, 7) is 4.13. The molecule has 114 valence electrons. The summed E-state index contributed by atoms with van der Waals surface area (Å²) in [7, 11) is 0. The lowest BCUT2D eigenvalue weighted by Crippen LogP contribution is -2.26. The third-order valence-electron chi connectivity index (χ3n) is 3.41. The summed E-state index contributed by atoms with van der Waals surface area (Å²) in [5.74, 6) is -0.107. The molecule has 4 nitrogen and oxygen atoms in total. The van der Waals surface area contributed by atoms with Gasteiger partial charge < -0.3 is 0 Å². The van der Waals surface area contributed by atoms with Gasteiger partial charge in [-0.15, -0.1) is 11.3 Å². The predicted molar refractivity (Wildman–Crippen MR) is 90.5 cm³/mol. The van der Waals surface area contributed by atoms with E-state index < -0.39 is 0 Å². The predicted octanol–water partition coefficient (Wildman–Crippen LogP) is 4.01. The lowest BCUT2D eigenvalue weighted by Gasteiger charge is -2.26. The molecular weight excluding hydrogens is 316 g/mol. The molecule has 0 atom stereocenters. The number of Topliss-reactive ketones (excluding diaryl/α,β-unsaturated/α-hetero) is 1. The highest BCUT2D eigenvalue weighted by Crippen LogP contribution is 2.38. The SMILES string of the molecule is CC1(C)CC(=O)c2sc(NC(=O)/C=C\c3cccs3)nc2C1. The summed E-state index contributed by atoms with van der Waals surface area (Å²) < 4.78 is 0. The molecule has 0 aromatic carbocycles. The molecule has 2 heterocycles. The standard InChI is InChI=1S/C16H16N2O2S2/c1-16(2)8-11-14(12(19)9-16)22-15(17-11)18-13(20)6-5-10-4-3-7-21-10/h3-7H,8-9H2,1-2H3,(H,17,18,20)/b6-5-. The summed E-state index contributed by atoms with van der Waals surface area (Å²) in [6.07, 6.45) is 4.55. The Morgan fingerprint density at radius 1 is 1.41 bits per heavy atom. The maximum absolute atomic E-state index is 12.1. The molecule has 1 amide bonds. The number of carbonyl (C=O) groups excluding carboxylic acids is 2. The second-order valence-electron chi connectivity index (χ2n) is 6.07. The molecule has 22 heavy (non-hydrogen) atoms. The van der Waals surface area contributed by atoms with Crippen molar-refractivity contribution in [2.75, 3.05) is 5.32 Å². The molecule has 0 fully saturated rings. The Bertz CT molecular complexity index is 742. The number of thiazole rings is 1. The first-order valence-corrected chi connectivity index (χ1v) is 8.68. The lowest BCUT2D eigenvalue weighted by atomic mass is 9.78. The first-order valence-electron chi connectivity index (χ1n) is 6.98. The van der Waals surface area contributed by atoms with Crippen molar-refractivity contribution in [3.05, 3.63) is 39.0 Å². The van der Waals surface area contributed by atoms with Gasteiger partial charge in [-0.05, 0) is 29.4 Å². The number of ketones is 1. The molecule has 0 radical (unpaired) electrons. The number of thiophene rings is 1. The summed E-state index contributed by atoms with van der Waals surface area (Å²) >= 11 is 2.84. The zero-order chi connectivity index (χ0) is 15.7. The van der Waals surface area contributed by atoms with Crippen molar-refractivity contribution in [3.8, 4) is 0 Å². The van der Waals surface area contributed by atoms with E-state index >= 15 is 0 Å². The number of aromatic nitrogens is 1. The fourth-order valence-corrected chi connectivity index (χ4v) is 4.01. The number of nitrogens with zero attached hydrogens (tertiary/aromatic N) is 1. The number of amides is 1. The number of rotatable bonds is 3. The smallest absolute Gasteiger partial charge is 0.250 e. The van der Waals surface area contributed by atoms with Crippen LogP contribution in [0.2, 0.25) is 0 Å². The highest BCUT2D eigenvalue weighted by molar-refractivity contribution is 7.17. The number of hydrogen-bond acceptors (Lipinski definition) is 5. The molecule has 6 heteroatoms. The molecule has 0 unspecified atom stereocenters. The van der Waals surface area contributed by atoms with E-state index in [4.69, 9.17) is 0 Å². The Hall–Kier alpha value is -1.79. The van der Waals surface area contributed by atoms with Crippen LogP contribution in [0.15, 0.2) is 23.6 Å². The second kappa shape index (κ2) is 5.78. The second-order valence-corrected chi connectivity index (χ2v) is 8.05. The van der Waals surface area contributed by atoms with Gasteiger partial charge in [0.2, 0.25) is 5.91 Å². The van der Waals surface area contributed by atoms with E-state index in [1.54, 1.807) is 17.4 Å². The molecular formula is C16H16N2O2S2. The van der Waals surface area contributed by atoms with Crippen molar-refractivity contribution >= 4 is 45.6 Å². The quantitative estimate of drug-likeness (QED) is 0.864. The highest BCUT2D eigenvalue weighted by atomic mass is 32.1. The van der Waals surface area contributed by atoms with E-state index in [2.05, 4.69) is 24.1 Å². The lowest BCUT2D eigenvalue weighted by molar-refractivity contribution is -0.111. The van der Waals surface area contributed by atoms with Gasteiger partial charge in [0.1, 0.15) is 0 Å². The average Bonchev–Trinajstić information content (AvgIpc) is 3.04. The van der Waals surface area contributed by atoms with E-state index in [9.17, 15) is 9.59 Å². The molecule has 1 N–H and O–H groups in total. The van der Waals surface area contributed by atoms with Gasteiger partial charge in [-0.1, -0.05) is 31.3 Å². The van der Waals surface area contributed by atoms with E-state index in [0.29, 0.717) is 16.4 Å². The monoisotopic (exact) mass is 332 g/mol. The van der Waals surface area contributed by atoms with Crippen molar-refractivity contribution in [1.29, 1.82) is 0 Å². The Morgan fingerprint density at radius 3 is 2.95 bits per heavy atom. The van der Waals surface area contributed by atoms with Crippen LogP contribution in [0.3, 0.4) is 0 Å². The topological polar surface area (TPSA) is 59.1 Å². The van der Waals surface area contributed by atoms with Crippen LogP contribution in [0.4, 0.5) is 5.13 Å².